The number of hydrogen-bond donors (Lipinski definition) is 1. The van der Waals surface area contributed by atoms with Crippen LogP contribution in [0.4, 0.5) is 0 Å². The highest BCUT2D eigenvalue weighted by Gasteiger charge is 2.14. The monoisotopic (exact) mass is 249 g/mol. The smallest absolute Gasteiger partial charge is 0.0326 e. The maximum absolute atomic E-state index is 6.32. The van der Waals surface area contributed by atoms with Crippen molar-refractivity contribution in [2.75, 3.05) is 0 Å². The van der Waals surface area contributed by atoms with Gasteiger partial charge in [-0.25, -0.2) is 0 Å². The molecule has 92 valence electrons. The molecule has 0 aliphatic carbocycles. The molecule has 1 nitrogen and oxygen atoms in total. The standard InChI is InChI=1S/C15H19N.ClH/c1-3-11(2)15(16)14-10-6-8-12-7-4-5-9-13(12)14;/h4-11,15H,3,16H2,1-2H3;1H/t11?,15-;/m0./s1. The van der Waals surface area contributed by atoms with Gasteiger partial charge < -0.3 is 5.73 Å². The molecule has 2 aromatic carbocycles. The summed E-state index contributed by atoms with van der Waals surface area (Å²) >= 11 is 0. The first-order chi connectivity index (χ1) is 7.74. The molecule has 0 heterocycles. The van der Waals surface area contributed by atoms with Crippen LogP contribution in [0.15, 0.2) is 42.5 Å². The Morgan fingerprint density at radius 3 is 2.41 bits per heavy atom. The molecule has 2 atom stereocenters. The van der Waals surface area contributed by atoms with Gasteiger partial charge >= 0.3 is 0 Å². The first-order valence-electron chi connectivity index (χ1n) is 5.97. The van der Waals surface area contributed by atoms with Gasteiger partial charge in [-0.05, 0) is 22.3 Å². The minimum atomic E-state index is 0. The molecule has 2 heteroatoms. The predicted molar refractivity (Wildman–Crippen MR) is 77.6 cm³/mol. The largest absolute Gasteiger partial charge is 0.324 e. The van der Waals surface area contributed by atoms with Gasteiger partial charge in [0.05, 0.1) is 0 Å². The summed E-state index contributed by atoms with van der Waals surface area (Å²) < 4.78 is 0. The summed E-state index contributed by atoms with van der Waals surface area (Å²) in [6.07, 6.45) is 1.12. The molecule has 1 unspecified atom stereocenters. The number of halogens is 1. The van der Waals surface area contributed by atoms with E-state index in [1.165, 1.54) is 16.3 Å². The molecule has 0 spiro atoms. The lowest BCUT2D eigenvalue weighted by atomic mass is 9.90. The highest BCUT2D eigenvalue weighted by Crippen LogP contribution is 2.28. The minimum absolute atomic E-state index is 0. The third-order valence-electron chi connectivity index (χ3n) is 3.44. The van der Waals surface area contributed by atoms with E-state index >= 15 is 0 Å². The van der Waals surface area contributed by atoms with Crippen molar-refractivity contribution in [2.45, 2.75) is 26.3 Å². The van der Waals surface area contributed by atoms with Crippen LogP contribution in [-0.4, -0.2) is 0 Å². The zero-order valence-electron chi connectivity index (χ0n) is 10.4. The van der Waals surface area contributed by atoms with Crippen molar-refractivity contribution in [1.82, 2.24) is 0 Å². The van der Waals surface area contributed by atoms with Crippen LogP contribution in [0.25, 0.3) is 10.8 Å². The Labute approximate surface area is 109 Å². The third-order valence-corrected chi connectivity index (χ3v) is 3.44. The zero-order chi connectivity index (χ0) is 11.5. The van der Waals surface area contributed by atoms with Gasteiger partial charge in [-0.2, -0.15) is 0 Å². The van der Waals surface area contributed by atoms with Gasteiger partial charge in [-0.1, -0.05) is 62.7 Å². The Kier molecular flexibility index (Phi) is 4.98. The topological polar surface area (TPSA) is 26.0 Å². The normalized spacial score (nSPS) is 14.1. The summed E-state index contributed by atoms with van der Waals surface area (Å²) in [5.74, 6) is 0.519. The second-order valence-corrected chi connectivity index (χ2v) is 4.48. The molecule has 0 aliphatic heterocycles. The molecular formula is C15H20ClN. The SMILES string of the molecule is CCC(C)[C@H](N)c1cccc2ccccc12.Cl. The van der Waals surface area contributed by atoms with E-state index in [2.05, 4.69) is 56.3 Å². The van der Waals surface area contributed by atoms with Crippen LogP contribution >= 0.6 is 12.4 Å². The van der Waals surface area contributed by atoms with E-state index in [0.29, 0.717) is 5.92 Å². The van der Waals surface area contributed by atoms with Crippen molar-refractivity contribution in [3.8, 4) is 0 Å². The Balaban J connectivity index is 0.00000144. The highest BCUT2D eigenvalue weighted by molar-refractivity contribution is 5.86. The number of nitrogens with two attached hydrogens (primary N) is 1. The lowest BCUT2D eigenvalue weighted by molar-refractivity contribution is 0.459. The molecule has 2 rings (SSSR count). The summed E-state index contributed by atoms with van der Waals surface area (Å²) in [6.45, 7) is 4.40. The lowest BCUT2D eigenvalue weighted by Gasteiger charge is -2.20. The van der Waals surface area contributed by atoms with Gasteiger partial charge in [0.2, 0.25) is 0 Å². The van der Waals surface area contributed by atoms with Crippen LogP contribution in [0.5, 0.6) is 0 Å². The number of hydrogen-bond acceptors (Lipinski definition) is 1. The number of benzene rings is 2. The van der Waals surface area contributed by atoms with E-state index in [4.69, 9.17) is 5.73 Å². The van der Waals surface area contributed by atoms with Gasteiger partial charge in [-0.3, -0.25) is 0 Å². The Hall–Kier alpha value is -1.05. The quantitative estimate of drug-likeness (QED) is 0.862. The van der Waals surface area contributed by atoms with Gasteiger partial charge in [0.1, 0.15) is 0 Å². The van der Waals surface area contributed by atoms with E-state index in [-0.39, 0.29) is 18.4 Å². The van der Waals surface area contributed by atoms with E-state index in [9.17, 15) is 0 Å². The molecular weight excluding hydrogens is 230 g/mol. The summed E-state index contributed by atoms with van der Waals surface area (Å²) in [4.78, 5) is 0. The number of fused-ring (bicyclic) bond motifs is 1. The van der Waals surface area contributed by atoms with Crippen LogP contribution in [0, 0.1) is 5.92 Å². The van der Waals surface area contributed by atoms with Gasteiger partial charge in [0, 0.05) is 6.04 Å². The maximum atomic E-state index is 6.32. The molecule has 17 heavy (non-hydrogen) atoms. The van der Waals surface area contributed by atoms with Crippen LogP contribution < -0.4 is 5.73 Å². The molecule has 0 saturated carbocycles. The molecule has 2 N–H and O–H groups in total. The molecule has 0 saturated heterocycles. The second kappa shape index (κ2) is 6.04. The fourth-order valence-electron chi connectivity index (χ4n) is 2.10. The van der Waals surface area contributed by atoms with Crippen molar-refractivity contribution >= 4 is 23.2 Å². The summed E-state index contributed by atoms with van der Waals surface area (Å²) in [5, 5.41) is 2.57. The van der Waals surface area contributed by atoms with E-state index < -0.39 is 0 Å². The van der Waals surface area contributed by atoms with Crippen molar-refractivity contribution in [3.63, 3.8) is 0 Å². The number of rotatable bonds is 3. The first kappa shape index (κ1) is 14.0. The molecule has 0 aliphatic rings. The molecule has 0 bridgehead atoms. The van der Waals surface area contributed by atoms with Crippen LogP contribution in [0.2, 0.25) is 0 Å². The summed E-state index contributed by atoms with van der Waals surface area (Å²) in [5.41, 5.74) is 7.59. The second-order valence-electron chi connectivity index (χ2n) is 4.48. The molecule has 0 amide bonds. The van der Waals surface area contributed by atoms with Crippen LogP contribution in [0.3, 0.4) is 0 Å². The zero-order valence-corrected chi connectivity index (χ0v) is 11.2. The third kappa shape index (κ3) is 2.80. The average Bonchev–Trinajstić information content (AvgIpc) is 2.36. The molecule has 0 aromatic heterocycles. The van der Waals surface area contributed by atoms with Crippen LogP contribution in [-0.2, 0) is 0 Å². The highest BCUT2D eigenvalue weighted by atomic mass is 35.5. The van der Waals surface area contributed by atoms with E-state index in [0.717, 1.165) is 6.42 Å². The lowest BCUT2D eigenvalue weighted by Crippen LogP contribution is -2.18. The van der Waals surface area contributed by atoms with Gasteiger partial charge in [0.15, 0.2) is 0 Å². The van der Waals surface area contributed by atoms with Crippen molar-refractivity contribution in [2.24, 2.45) is 11.7 Å². The fraction of sp³-hybridized carbons (Fsp3) is 0.333. The van der Waals surface area contributed by atoms with E-state index in [1.54, 1.807) is 0 Å². The van der Waals surface area contributed by atoms with Crippen LogP contribution in [0.1, 0.15) is 31.9 Å². The molecule has 2 aromatic rings. The van der Waals surface area contributed by atoms with E-state index in [1.807, 2.05) is 0 Å². The maximum Gasteiger partial charge on any atom is 0.0326 e. The molecule has 0 fully saturated rings. The predicted octanol–water partition coefficient (Wildman–Crippen LogP) is 4.31. The summed E-state index contributed by atoms with van der Waals surface area (Å²) in [6, 6.07) is 15.0. The van der Waals surface area contributed by atoms with Crippen molar-refractivity contribution in [3.05, 3.63) is 48.0 Å². The molecule has 0 radical (unpaired) electrons. The van der Waals surface area contributed by atoms with Crippen molar-refractivity contribution in [1.29, 1.82) is 0 Å². The Morgan fingerprint density at radius 1 is 1.06 bits per heavy atom. The van der Waals surface area contributed by atoms with Crippen molar-refractivity contribution < 1.29 is 0 Å². The fourth-order valence-corrected chi connectivity index (χ4v) is 2.10. The van der Waals surface area contributed by atoms with Gasteiger partial charge in [0.25, 0.3) is 0 Å². The summed E-state index contributed by atoms with van der Waals surface area (Å²) in [7, 11) is 0. The Morgan fingerprint density at radius 2 is 1.71 bits per heavy atom. The van der Waals surface area contributed by atoms with Gasteiger partial charge in [-0.15, -0.1) is 12.4 Å². The Bertz CT molecular complexity index is 476. The average molecular weight is 250 g/mol. The first-order valence-corrected chi connectivity index (χ1v) is 5.97. The minimum Gasteiger partial charge on any atom is -0.324 e.